The zero-order valence-electron chi connectivity index (χ0n) is 10.6. The minimum absolute atomic E-state index is 0.0930. The number of pyridine rings is 1. The molecule has 0 fully saturated rings. The Bertz CT molecular complexity index is 629. The molecule has 0 bridgehead atoms. The van der Waals surface area contributed by atoms with Crippen molar-refractivity contribution in [1.82, 2.24) is 4.98 Å². The molecule has 20 heavy (non-hydrogen) atoms. The Kier molecular flexibility index (Phi) is 4.16. The van der Waals surface area contributed by atoms with Gasteiger partial charge in [-0.15, -0.1) is 0 Å². The first kappa shape index (κ1) is 14.2. The van der Waals surface area contributed by atoms with Gasteiger partial charge in [0.05, 0.1) is 27.9 Å². The van der Waals surface area contributed by atoms with E-state index in [2.05, 4.69) is 4.98 Å². The van der Waals surface area contributed by atoms with Crippen LogP contribution in [0.5, 0.6) is 11.5 Å². The summed E-state index contributed by atoms with van der Waals surface area (Å²) in [5.74, 6) is 0.632. The second kappa shape index (κ2) is 5.85. The van der Waals surface area contributed by atoms with Crippen molar-refractivity contribution in [1.29, 1.82) is 0 Å². The van der Waals surface area contributed by atoms with Crippen LogP contribution in [0.2, 0.25) is 5.02 Å². The third-order valence-corrected chi connectivity index (χ3v) is 2.89. The zero-order valence-corrected chi connectivity index (χ0v) is 11.4. The molecule has 7 heteroatoms. The Balaban J connectivity index is 2.25. The van der Waals surface area contributed by atoms with E-state index in [1.165, 1.54) is 24.4 Å². The van der Waals surface area contributed by atoms with Crippen LogP contribution in [0.4, 0.5) is 5.69 Å². The summed E-state index contributed by atoms with van der Waals surface area (Å²) in [6.45, 7) is 1.82. The van der Waals surface area contributed by atoms with E-state index in [-0.39, 0.29) is 22.5 Å². The van der Waals surface area contributed by atoms with E-state index >= 15 is 0 Å². The lowest BCUT2D eigenvalue weighted by molar-refractivity contribution is -0.384. The van der Waals surface area contributed by atoms with Gasteiger partial charge in [0.25, 0.3) is 5.69 Å². The number of ether oxygens (including phenoxy) is 1. The number of halogens is 1. The molecule has 0 aliphatic heterocycles. The largest absolute Gasteiger partial charge is 0.454 e. The highest BCUT2D eigenvalue weighted by molar-refractivity contribution is 6.32. The summed E-state index contributed by atoms with van der Waals surface area (Å²) in [5.41, 5.74) is 6.33. The van der Waals surface area contributed by atoms with Crippen molar-refractivity contribution in [2.45, 2.75) is 13.0 Å². The monoisotopic (exact) mass is 293 g/mol. The molecule has 0 spiro atoms. The average molecular weight is 294 g/mol. The molecular weight excluding hydrogens is 282 g/mol. The molecule has 0 saturated carbocycles. The van der Waals surface area contributed by atoms with E-state index in [1.807, 2.05) is 6.92 Å². The second-order valence-electron chi connectivity index (χ2n) is 4.18. The first-order chi connectivity index (χ1) is 9.47. The highest BCUT2D eigenvalue weighted by atomic mass is 35.5. The zero-order chi connectivity index (χ0) is 14.7. The molecule has 0 saturated heterocycles. The first-order valence-corrected chi connectivity index (χ1v) is 6.18. The van der Waals surface area contributed by atoms with Crippen molar-refractivity contribution in [2.24, 2.45) is 5.73 Å². The van der Waals surface area contributed by atoms with E-state index in [1.54, 1.807) is 12.1 Å². The molecule has 6 nitrogen and oxygen atoms in total. The number of nitrogens with zero attached hydrogens (tertiary/aromatic N) is 2. The summed E-state index contributed by atoms with van der Waals surface area (Å²) < 4.78 is 5.49. The maximum Gasteiger partial charge on any atom is 0.273 e. The van der Waals surface area contributed by atoms with Gasteiger partial charge in [0.1, 0.15) is 5.75 Å². The molecule has 2 N–H and O–H groups in total. The number of nitro benzene ring substituents is 1. The summed E-state index contributed by atoms with van der Waals surface area (Å²) in [5, 5.41) is 11.0. The van der Waals surface area contributed by atoms with Crippen molar-refractivity contribution >= 4 is 17.3 Å². The molecule has 1 aromatic heterocycles. The Labute approximate surface area is 120 Å². The number of hydrogen-bond acceptors (Lipinski definition) is 5. The Morgan fingerprint density at radius 3 is 2.70 bits per heavy atom. The number of benzene rings is 1. The number of non-ortho nitro benzene ring substituents is 1. The molecule has 1 heterocycles. The van der Waals surface area contributed by atoms with Crippen molar-refractivity contribution in [2.75, 3.05) is 0 Å². The molecule has 0 amide bonds. The number of nitrogens with two attached hydrogens (primary N) is 1. The molecule has 0 unspecified atom stereocenters. The molecule has 104 valence electrons. The SMILES string of the molecule is C[C@H](N)c1ccc(Oc2cc([N+](=O)[O-])ccc2Cl)cn1. The molecule has 0 radical (unpaired) electrons. The van der Waals surface area contributed by atoms with Crippen LogP contribution in [-0.2, 0) is 0 Å². The van der Waals surface area contributed by atoms with Crippen molar-refractivity contribution in [3.63, 3.8) is 0 Å². The van der Waals surface area contributed by atoms with Crippen LogP contribution in [0.15, 0.2) is 36.5 Å². The fourth-order valence-electron chi connectivity index (χ4n) is 1.53. The lowest BCUT2D eigenvalue weighted by atomic mass is 10.2. The van der Waals surface area contributed by atoms with Crippen LogP contribution in [-0.4, -0.2) is 9.91 Å². The van der Waals surface area contributed by atoms with Crippen molar-refractivity contribution in [3.05, 3.63) is 57.4 Å². The van der Waals surface area contributed by atoms with Crippen molar-refractivity contribution < 1.29 is 9.66 Å². The highest BCUT2D eigenvalue weighted by Crippen LogP contribution is 2.32. The third kappa shape index (κ3) is 3.23. The maximum atomic E-state index is 10.7. The standard InChI is InChI=1S/C13H12ClN3O3/c1-8(15)12-5-3-10(7-16-12)20-13-6-9(17(18)19)2-4-11(13)14/h2-8H,15H2,1H3/t8-/m0/s1. The summed E-state index contributed by atoms with van der Waals surface area (Å²) in [6.07, 6.45) is 1.49. The van der Waals surface area contributed by atoms with Gasteiger partial charge in [0, 0.05) is 12.1 Å². The molecule has 2 aromatic rings. The fraction of sp³-hybridized carbons (Fsp3) is 0.154. The van der Waals surface area contributed by atoms with Gasteiger partial charge in [-0.2, -0.15) is 0 Å². The summed E-state index contributed by atoms with van der Waals surface area (Å²) >= 11 is 5.94. The number of hydrogen-bond donors (Lipinski definition) is 1. The van der Waals surface area contributed by atoms with Gasteiger partial charge in [-0.3, -0.25) is 15.1 Å². The van der Waals surface area contributed by atoms with Gasteiger partial charge in [-0.25, -0.2) is 0 Å². The van der Waals surface area contributed by atoms with Crippen LogP contribution < -0.4 is 10.5 Å². The fourth-order valence-corrected chi connectivity index (χ4v) is 1.69. The van der Waals surface area contributed by atoms with Gasteiger partial charge >= 0.3 is 0 Å². The predicted octanol–water partition coefficient (Wildman–Crippen LogP) is 3.46. The Morgan fingerprint density at radius 1 is 1.40 bits per heavy atom. The predicted molar refractivity (Wildman–Crippen MR) is 75.0 cm³/mol. The van der Waals surface area contributed by atoms with Gasteiger partial charge < -0.3 is 10.5 Å². The maximum absolute atomic E-state index is 10.7. The Morgan fingerprint density at radius 2 is 2.15 bits per heavy atom. The van der Waals surface area contributed by atoms with Crippen LogP contribution >= 0.6 is 11.6 Å². The molecule has 1 atom stereocenters. The molecule has 1 aromatic carbocycles. The van der Waals surface area contributed by atoms with Gasteiger partial charge in [-0.05, 0) is 25.1 Å². The van der Waals surface area contributed by atoms with E-state index < -0.39 is 4.92 Å². The van der Waals surface area contributed by atoms with E-state index in [0.717, 1.165) is 5.69 Å². The lowest BCUT2D eigenvalue weighted by Gasteiger charge is -2.09. The van der Waals surface area contributed by atoms with Crippen LogP contribution in [0, 0.1) is 10.1 Å². The molecule has 0 aliphatic carbocycles. The molecule has 2 rings (SSSR count). The third-order valence-electron chi connectivity index (χ3n) is 2.58. The quantitative estimate of drug-likeness (QED) is 0.688. The van der Waals surface area contributed by atoms with Crippen LogP contribution in [0.25, 0.3) is 0 Å². The summed E-state index contributed by atoms with van der Waals surface area (Å²) in [6, 6.07) is 7.23. The topological polar surface area (TPSA) is 91.3 Å². The number of rotatable bonds is 4. The number of aromatic nitrogens is 1. The normalized spacial score (nSPS) is 11.9. The van der Waals surface area contributed by atoms with E-state index in [0.29, 0.717) is 5.75 Å². The van der Waals surface area contributed by atoms with E-state index in [9.17, 15) is 10.1 Å². The highest BCUT2D eigenvalue weighted by Gasteiger charge is 2.12. The second-order valence-corrected chi connectivity index (χ2v) is 4.59. The van der Waals surface area contributed by atoms with Crippen LogP contribution in [0.1, 0.15) is 18.7 Å². The van der Waals surface area contributed by atoms with Gasteiger partial charge in [0.2, 0.25) is 0 Å². The minimum Gasteiger partial charge on any atom is -0.454 e. The molecular formula is C13H12ClN3O3. The number of nitro groups is 1. The first-order valence-electron chi connectivity index (χ1n) is 5.80. The average Bonchev–Trinajstić information content (AvgIpc) is 2.41. The molecule has 0 aliphatic rings. The summed E-state index contributed by atoms with van der Waals surface area (Å²) in [7, 11) is 0. The van der Waals surface area contributed by atoms with Crippen molar-refractivity contribution in [3.8, 4) is 11.5 Å². The van der Waals surface area contributed by atoms with E-state index in [4.69, 9.17) is 22.1 Å². The van der Waals surface area contributed by atoms with Gasteiger partial charge in [-0.1, -0.05) is 11.6 Å². The smallest absolute Gasteiger partial charge is 0.273 e. The Hall–Kier alpha value is -2.18. The van der Waals surface area contributed by atoms with Gasteiger partial charge in [0.15, 0.2) is 5.75 Å². The minimum atomic E-state index is -0.513. The lowest BCUT2D eigenvalue weighted by Crippen LogP contribution is -2.06. The summed E-state index contributed by atoms with van der Waals surface area (Å²) in [4.78, 5) is 14.3. The van der Waals surface area contributed by atoms with Crippen LogP contribution in [0.3, 0.4) is 0 Å².